The Hall–Kier alpha value is -3.15. The van der Waals surface area contributed by atoms with Gasteiger partial charge in [-0.05, 0) is 67.5 Å². The van der Waals surface area contributed by atoms with E-state index in [9.17, 15) is 8.42 Å². The maximum atomic E-state index is 12.0. The Balaban J connectivity index is 1.59. The van der Waals surface area contributed by atoms with E-state index in [2.05, 4.69) is 31.9 Å². The molecule has 11 heteroatoms. The Bertz CT molecular complexity index is 1340. The highest BCUT2D eigenvalue weighted by atomic mass is 32.2. The highest BCUT2D eigenvalue weighted by Crippen LogP contribution is 2.43. The lowest BCUT2D eigenvalue weighted by Crippen LogP contribution is -2.31. The molecule has 0 amide bonds. The standard InChI is InChI=1S/C25H29N5O4S2/c1-33-22-11-10-17(15-20(22)28-36(2,31)32)30-24(23(27-25(30)35)19-8-3-4-12-26-19)21-9-5-13-29(21)16-18-7-6-14-34-18/h3-5,8-13,15,18,23-24,28H,6-7,14,16H2,1-2H3,(H,27,35)/t18-,23-,24+/m0/s1. The van der Waals surface area contributed by atoms with Crippen LogP contribution in [0.4, 0.5) is 11.4 Å². The predicted molar refractivity (Wildman–Crippen MR) is 143 cm³/mol. The van der Waals surface area contributed by atoms with Crippen LogP contribution in [-0.4, -0.2) is 49.2 Å². The van der Waals surface area contributed by atoms with Crippen LogP contribution in [0, 0.1) is 0 Å². The number of aromatic nitrogens is 2. The van der Waals surface area contributed by atoms with Crippen LogP contribution in [-0.2, 0) is 21.3 Å². The van der Waals surface area contributed by atoms with Gasteiger partial charge in [-0.2, -0.15) is 0 Å². The molecule has 190 valence electrons. The summed E-state index contributed by atoms with van der Waals surface area (Å²) in [6.45, 7) is 1.54. The van der Waals surface area contributed by atoms with Gasteiger partial charge in [-0.15, -0.1) is 0 Å². The van der Waals surface area contributed by atoms with Gasteiger partial charge in [0.1, 0.15) is 11.8 Å². The van der Waals surface area contributed by atoms with Crippen molar-refractivity contribution in [3.8, 4) is 5.75 Å². The summed E-state index contributed by atoms with van der Waals surface area (Å²) >= 11 is 5.83. The highest BCUT2D eigenvalue weighted by Gasteiger charge is 2.42. The average Bonchev–Trinajstić information content (AvgIpc) is 3.59. The van der Waals surface area contributed by atoms with Crippen molar-refractivity contribution in [2.45, 2.75) is 37.6 Å². The van der Waals surface area contributed by atoms with Crippen LogP contribution in [0.1, 0.15) is 36.3 Å². The maximum absolute atomic E-state index is 12.0. The van der Waals surface area contributed by atoms with Crippen LogP contribution >= 0.6 is 12.2 Å². The third kappa shape index (κ3) is 5.04. The summed E-state index contributed by atoms with van der Waals surface area (Å²) in [5, 5.41) is 3.98. The van der Waals surface area contributed by atoms with E-state index >= 15 is 0 Å². The number of ether oxygens (including phenoxy) is 2. The van der Waals surface area contributed by atoms with E-state index in [1.54, 1.807) is 18.3 Å². The molecule has 2 aliphatic rings. The van der Waals surface area contributed by atoms with Crippen molar-refractivity contribution in [3.63, 3.8) is 0 Å². The van der Waals surface area contributed by atoms with Crippen molar-refractivity contribution < 1.29 is 17.9 Å². The molecule has 3 atom stereocenters. The lowest BCUT2D eigenvalue weighted by Gasteiger charge is -2.30. The minimum absolute atomic E-state index is 0.172. The molecule has 2 fully saturated rings. The fourth-order valence-corrected chi connectivity index (χ4v) is 5.83. The molecule has 9 nitrogen and oxygen atoms in total. The van der Waals surface area contributed by atoms with Crippen molar-refractivity contribution in [1.29, 1.82) is 0 Å². The zero-order valence-corrected chi connectivity index (χ0v) is 21.8. The van der Waals surface area contributed by atoms with Crippen LogP contribution in [0.3, 0.4) is 0 Å². The van der Waals surface area contributed by atoms with Crippen LogP contribution in [0.2, 0.25) is 0 Å². The normalized spacial score (nSPS) is 22.0. The molecule has 0 saturated carbocycles. The van der Waals surface area contributed by atoms with Gasteiger partial charge >= 0.3 is 0 Å². The number of pyridine rings is 1. The highest BCUT2D eigenvalue weighted by molar-refractivity contribution is 7.92. The van der Waals surface area contributed by atoms with E-state index in [0.717, 1.165) is 49.3 Å². The molecule has 36 heavy (non-hydrogen) atoms. The molecule has 0 bridgehead atoms. The van der Waals surface area contributed by atoms with Gasteiger partial charge in [0.05, 0.1) is 36.9 Å². The fraction of sp³-hybridized carbons (Fsp3) is 0.360. The molecule has 4 heterocycles. The SMILES string of the molecule is COc1ccc(N2C(=S)N[C@@H](c3ccccn3)[C@H]2c2cccn2C[C@@H]2CCCO2)cc1NS(C)(=O)=O. The molecule has 3 aromatic rings. The third-order valence-corrected chi connectivity index (χ3v) is 7.35. The lowest BCUT2D eigenvalue weighted by molar-refractivity contribution is 0.0961. The quantitative estimate of drug-likeness (QED) is 0.429. The zero-order valence-electron chi connectivity index (χ0n) is 20.1. The number of rotatable bonds is 8. The first-order valence-corrected chi connectivity index (χ1v) is 14.1. The summed E-state index contributed by atoms with van der Waals surface area (Å²) in [7, 11) is -2.02. The largest absolute Gasteiger partial charge is 0.495 e. The topological polar surface area (TPSA) is 97.7 Å². The Morgan fingerprint density at radius 3 is 2.81 bits per heavy atom. The van der Waals surface area contributed by atoms with Gasteiger partial charge in [-0.25, -0.2) is 8.42 Å². The molecule has 2 saturated heterocycles. The van der Waals surface area contributed by atoms with E-state index in [1.807, 2.05) is 35.2 Å². The second-order valence-corrected chi connectivity index (χ2v) is 11.1. The first-order chi connectivity index (χ1) is 17.3. The second-order valence-electron chi connectivity index (χ2n) is 8.98. The maximum Gasteiger partial charge on any atom is 0.229 e. The Kier molecular flexibility index (Phi) is 6.87. The van der Waals surface area contributed by atoms with Crippen LogP contribution in [0.5, 0.6) is 5.75 Å². The molecule has 2 N–H and O–H groups in total. The minimum atomic E-state index is -3.52. The number of anilines is 2. The van der Waals surface area contributed by atoms with Gasteiger partial charge in [0.15, 0.2) is 5.11 Å². The number of methoxy groups -OCH3 is 1. The molecule has 0 spiro atoms. The molecule has 5 rings (SSSR count). The molecule has 2 aliphatic heterocycles. The van der Waals surface area contributed by atoms with Crippen molar-refractivity contribution in [2.75, 3.05) is 29.6 Å². The molecular formula is C25H29N5O4S2. The van der Waals surface area contributed by atoms with Gasteiger partial charge in [-0.1, -0.05) is 6.07 Å². The number of benzene rings is 1. The van der Waals surface area contributed by atoms with Crippen molar-refractivity contribution >= 4 is 38.7 Å². The zero-order chi connectivity index (χ0) is 25.3. The van der Waals surface area contributed by atoms with Crippen LogP contribution in [0.15, 0.2) is 60.9 Å². The monoisotopic (exact) mass is 527 g/mol. The van der Waals surface area contributed by atoms with Gasteiger partial charge in [0.25, 0.3) is 0 Å². The number of nitrogens with one attached hydrogen (secondary N) is 2. The Morgan fingerprint density at radius 1 is 1.25 bits per heavy atom. The average molecular weight is 528 g/mol. The number of thiocarbonyl (C=S) groups is 1. The summed E-state index contributed by atoms with van der Waals surface area (Å²) < 4.78 is 40.1. The summed E-state index contributed by atoms with van der Waals surface area (Å²) in [5.74, 6) is 0.418. The lowest BCUT2D eigenvalue weighted by atomic mass is 10.0. The third-order valence-electron chi connectivity index (χ3n) is 6.45. The molecule has 1 aromatic carbocycles. The van der Waals surface area contributed by atoms with Crippen LogP contribution < -0.4 is 19.7 Å². The second kappa shape index (κ2) is 10.1. The van der Waals surface area contributed by atoms with Crippen molar-refractivity contribution in [1.82, 2.24) is 14.9 Å². The van der Waals surface area contributed by atoms with Crippen LogP contribution in [0.25, 0.3) is 0 Å². The van der Waals surface area contributed by atoms with E-state index in [1.165, 1.54) is 7.11 Å². The first kappa shape index (κ1) is 24.5. The molecule has 2 aromatic heterocycles. The number of nitrogens with zero attached hydrogens (tertiary/aromatic N) is 3. The first-order valence-electron chi connectivity index (χ1n) is 11.8. The molecule has 0 aliphatic carbocycles. The summed E-state index contributed by atoms with van der Waals surface area (Å²) in [4.78, 5) is 6.63. The number of sulfonamides is 1. The van der Waals surface area contributed by atoms with Crippen molar-refractivity contribution in [3.05, 3.63) is 72.3 Å². The summed E-state index contributed by atoms with van der Waals surface area (Å²) in [5.41, 5.74) is 2.99. The number of hydrogen-bond acceptors (Lipinski definition) is 6. The smallest absolute Gasteiger partial charge is 0.229 e. The van der Waals surface area contributed by atoms with E-state index in [0.29, 0.717) is 16.5 Å². The molecular weight excluding hydrogens is 498 g/mol. The Labute approximate surface area is 216 Å². The summed E-state index contributed by atoms with van der Waals surface area (Å²) in [6.07, 6.45) is 7.22. The fourth-order valence-electron chi connectivity index (χ4n) is 4.93. The Morgan fingerprint density at radius 2 is 2.11 bits per heavy atom. The van der Waals surface area contributed by atoms with Gasteiger partial charge in [-0.3, -0.25) is 9.71 Å². The minimum Gasteiger partial charge on any atom is -0.495 e. The molecule has 0 unspecified atom stereocenters. The van der Waals surface area contributed by atoms with E-state index in [4.69, 9.17) is 21.7 Å². The van der Waals surface area contributed by atoms with E-state index in [-0.39, 0.29) is 18.2 Å². The predicted octanol–water partition coefficient (Wildman–Crippen LogP) is 3.62. The van der Waals surface area contributed by atoms with Gasteiger partial charge in [0.2, 0.25) is 10.0 Å². The van der Waals surface area contributed by atoms with Gasteiger partial charge in [0, 0.05) is 36.9 Å². The molecule has 0 radical (unpaired) electrons. The number of hydrogen-bond donors (Lipinski definition) is 2. The van der Waals surface area contributed by atoms with Gasteiger partial charge < -0.3 is 24.3 Å². The van der Waals surface area contributed by atoms with E-state index < -0.39 is 10.0 Å². The van der Waals surface area contributed by atoms with Crippen molar-refractivity contribution in [2.24, 2.45) is 0 Å². The summed E-state index contributed by atoms with van der Waals surface area (Å²) in [6, 6.07) is 14.9.